The number of alkyl halides is 1. The third kappa shape index (κ3) is 14.9. The van der Waals surface area contributed by atoms with Gasteiger partial charge >= 0.3 is 5.97 Å². The molecule has 0 aromatic carbocycles. The van der Waals surface area contributed by atoms with Gasteiger partial charge in [-0.1, -0.05) is 46.7 Å². The van der Waals surface area contributed by atoms with Crippen molar-refractivity contribution < 1.29 is 57.6 Å². The Bertz CT molecular complexity index is 2100. The number of esters is 1. The SMILES string of the molecule is CCC(=O)N=C[C@H](C)C[C@@]1(C)OC/C(=N/OCc2ccc(-c3nc(NC(=O)[C@H](C)N)cs3)cn2)CC[C@H](C(C)C)[C@](C)(O)[C@@H](CC)OC(=O)[C@@](C)(F)C(=O)[C@H](C)[C@H]1O[C@@H]1O[C@H](C)C[C@H](N(C)C)[C@H]1O. The number of hydrogen-bond acceptors (Lipinski definition) is 17. The molecule has 0 spiro atoms. The van der Waals surface area contributed by atoms with Crippen LogP contribution in [0.25, 0.3) is 10.6 Å². The van der Waals surface area contributed by atoms with E-state index in [9.17, 15) is 29.4 Å². The van der Waals surface area contributed by atoms with Gasteiger partial charge in [0.2, 0.25) is 11.8 Å². The van der Waals surface area contributed by atoms with Gasteiger partial charge in [-0.25, -0.2) is 19.2 Å². The fraction of sp³-hybridized carbons (Fsp3) is 0.714. The van der Waals surface area contributed by atoms with E-state index >= 15 is 4.39 Å². The molecule has 386 valence electrons. The van der Waals surface area contributed by atoms with E-state index in [4.69, 9.17) is 29.5 Å². The Morgan fingerprint density at radius 2 is 1.84 bits per heavy atom. The van der Waals surface area contributed by atoms with Crippen molar-refractivity contribution in [3.63, 3.8) is 0 Å². The maximum atomic E-state index is 17.1. The number of nitrogens with two attached hydrogens (primary N) is 1. The predicted octanol–water partition coefficient (Wildman–Crippen LogP) is 6.06. The van der Waals surface area contributed by atoms with Gasteiger partial charge in [0.25, 0.3) is 5.67 Å². The summed E-state index contributed by atoms with van der Waals surface area (Å²) in [5.41, 5.74) is 0.842. The van der Waals surface area contributed by atoms with E-state index in [-0.39, 0.29) is 56.6 Å². The van der Waals surface area contributed by atoms with Crippen LogP contribution in [0.15, 0.2) is 33.9 Å². The van der Waals surface area contributed by atoms with Crippen LogP contribution in [0.4, 0.5) is 10.2 Å². The highest BCUT2D eigenvalue weighted by Crippen LogP contribution is 2.40. The number of amides is 2. The lowest BCUT2D eigenvalue weighted by Gasteiger charge is -2.47. The van der Waals surface area contributed by atoms with Gasteiger partial charge < -0.3 is 49.9 Å². The fourth-order valence-corrected chi connectivity index (χ4v) is 9.89. The molecule has 5 N–H and O–H groups in total. The number of cyclic esters (lactones) is 1. The van der Waals surface area contributed by atoms with Gasteiger partial charge in [-0.2, -0.15) is 0 Å². The number of carbonyl (C=O) groups is 4. The molecule has 0 unspecified atom stereocenters. The monoisotopic (exact) mass is 990 g/mol. The topological polar surface area (TPSA) is 247 Å². The Balaban J connectivity index is 1.81. The number of oxime groups is 1. The zero-order valence-electron chi connectivity index (χ0n) is 42.6. The minimum Gasteiger partial charge on any atom is -0.457 e. The molecule has 0 bridgehead atoms. The summed E-state index contributed by atoms with van der Waals surface area (Å²) in [6.07, 6.45) is -1.13. The summed E-state index contributed by atoms with van der Waals surface area (Å²) in [6.45, 7) is 17.7. The minimum atomic E-state index is -3.22. The minimum absolute atomic E-state index is 0.0451. The number of pyridine rings is 1. The molecular weight excluding hydrogens is 914 g/mol. The van der Waals surface area contributed by atoms with E-state index in [2.05, 4.69) is 25.4 Å². The van der Waals surface area contributed by atoms with Crippen molar-refractivity contribution in [2.75, 3.05) is 26.0 Å². The molecule has 2 saturated heterocycles. The molecule has 4 heterocycles. The molecule has 2 aliphatic heterocycles. The van der Waals surface area contributed by atoms with Crippen LogP contribution in [0.2, 0.25) is 0 Å². The normalized spacial score (nSPS) is 32.7. The number of aliphatic imine (C=N–C) groups is 1. The van der Waals surface area contributed by atoms with Gasteiger partial charge in [-0.05, 0) is 111 Å². The van der Waals surface area contributed by atoms with Crippen LogP contribution >= 0.6 is 11.3 Å². The molecule has 4 rings (SSSR count). The van der Waals surface area contributed by atoms with Crippen LogP contribution in [0, 0.1) is 23.7 Å². The smallest absolute Gasteiger partial charge is 0.351 e. The number of aliphatic hydroxyl groups excluding tert-OH is 1. The number of rotatable bonds is 15. The highest BCUT2D eigenvalue weighted by molar-refractivity contribution is 7.13. The van der Waals surface area contributed by atoms with Gasteiger partial charge in [-0.15, -0.1) is 11.3 Å². The zero-order chi connectivity index (χ0) is 51.6. The molecule has 18 nitrogen and oxygen atoms in total. The molecule has 2 aromatic rings. The van der Waals surface area contributed by atoms with Crippen LogP contribution in [-0.4, -0.2) is 141 Å². The zero-order valence-corrected chi connectivity index (χ0v) is 43.4. The maximum absolute atomic E-state index is 17.1. The van der Waals surface area contributed by atoms with Crippen molar-refractivity contribution in [1.82, 2.24) is 14.9 Å². The third-order valence-corrected chi connectivity index (χ3v) is 14.1. The lowest BCUT2D eigenvalue weighted by Crippen LogP contribution is -2.60. The first-order valence-electron chi connectivity index (χ1n) is 23.9. The number of nitrogens with one attached hydrogen (secondary N) is 1. The number of carbonyl (C=O) groups excluding carboxylic acids is 4. The second kappa shape index (κ2) is 24.8. The lowest BCUT2D eigenvalue weighted by molar-refractivity contribution is -0.296. The second-order valence-corrected chi connectivity index (χ2v) is 20.7. The van der Waals surface area contributed by atoms with Crippen molar-refractivity contribution in [2.45, 2.75) is 181 Å². The van der Waals surface area contributed by atoms with E-state index in [1.807, 2.05) is 45.8 Å². The Morgan fingerprint density at radius 3 is 2.43 bits per heavy atom. The molecule has 0 saturated carbocycles. The molecule has 2 aliphatic rings. The van der Waals surface area contributed by atoms with Crippen LogP contribution in [0.1, 0.15) is 120 Å². The highest BCUT2D eigenvalue weighted by atomic mass is 32.1. The predicted molar refractivity (Wildman–Crippen MR) is 261 cm³/mol. The Morgan fingerprint density at radius 1 is 1.14 bits per heavy atom. The Labute approximate surface area is 410 Å². The standard InChI is InChI=1S/C49H76FN7O11S/c1-14-37-49(11,63)35(27(3)4)19-18-34(56-65-25-33-17-16-32(23-52-33)44-55-38(26-69-44)54-43(61)31(8)51)24-64-47(9,21-28(5)22-53-39(58)15-2)42(30(7)41(60)48(10,50)46(62)67-37)68-45-40(59)36(57(12)13)20-29(6)66-45/h16-17,22-23,26-31,35-37,40,42,45,59,63H,14-15,18-21,24-25,51H2,1-13H3,(H,54,61)/b53-22?,56-34+/t28-,29-,30+,31+,35-,36+,37-,40-,42-,45+,47-,48+,49+/m1/s1. The summed E-state index contributed by atoms with van der Waals surface area (Å²) in [5, 5.41) is 33.5. The van der Waals surface area contributed by atoms with Crippen LogP contribution in [0.5, 0.6) is 0 Å². The molecule has 0 aliphatic carbocycles. The summed E-state index contributed by atoms with van der Waals surface area (Å²) < 4.78 is 42.7. The van der Waals surface area contributed by atoms with Gasteiger partial charge in [-0.3, -0.25) is 19.4 Å². The summed E-state index contributed by atoms with van der Waals surface area (Å²) in [6, 6.07) is 2.46. The maximum Gasteiger partial charge on any atom is 0.351 e. The van der Waals surface area contributed by atoms with Crippen LogP contribution < -0.4 is 11.1 Å². The number of aromatic nitrogens is 2. The number of thiazole rings is 1. The molecule has 2 amide bonds. The largest absolute Gasteiger partial charge is 0.457 e. The quantitative estimate of drug-likeness (QED) is 0.0686. The fourth-order valence-electron chi connectivity index (χ4n) is 9.15. The number of Topliss-reactive ketones (excluding diaryl/α,β-unsaturated/α-hetero) is 1. The first-order chi connectivity index (χ1) is 32.2. The number of aliphatic hydroxyl groups is 2. The molecule has 2 aromatic heterocycles. The van der Waals surface area contributed by atoms with Crippen molar-refractivity contribution in [2.24, 2.45) is 39.6 Å². The number of anilines is 1. The number of halogens is 1. The van der Waals surface area contributed by atoms with E-state index in [1.165, 1.54) is 24.5 Å². The van der Waals surface area contributed by atoms with Crippen LogP contribution in [-0.2, 0) is 49.6 Å². The van der Waals surface area contributed by atoms with Gasteiger partial charge in [0.05, 0.1) is 41.9 Å². The van der Waals surface area contributed by atoms with Gasteiger partial charge in [0.15, 0.2) is 18.7 Å². The Kier molecular flexibility index (Phi) is 20.6. The number of ketones is 1. The molecular formula is C49H76FN7O11S. The number of nitrogens with zero attached hydrogens (tertiary/aromatic N) is 5. The first-order valence-corrected chi connectivity index (χ1v) is 24.8. The van der Waals surface area contributed by atoms with Crippen LogP contribution in [0.3, 0.4) is 0 Å². The van der Waals surface area contributed by atoms with Crippen molar-refractivity contribution in [3.05, 3.63) is 29.4 Å². The van der Waals surface area contributed by atoms with Crippen molar-refractivity contribution >= 4 is 52.6 Å². The molecule has 13 atom stereocenters. The number of likely N-dealkylation sites (N-methyl/N-ethyl adjacent to an activating group) is 1. The lowest BCUT2D eigenvalue weighted by atomic mass is 9.74. The van der Waals surface area contributed by atoms with E-state index in [1.54, 1.807) is 59.2 Å². The summed E-state index contributed by atoms with van der Waals surface area (Å²) in [5.74, 6) is -5.62. The summed E-state index contributed by atoms with van der Waals surface area (Å²) in [4.78, 5) is 73.9. The van der Waals surface area contributed by atoms with E-state index in [0.29, 0.717) is 40.6 Å². The second-order valence-electron chi connectivity index (χ2n) is 19.8. The van der Waals surface area contributed by atoms with Crippen molar-refractivity contribution in [1.29, 1.82) is 0 Å². The number of ether oxygens (including phenoxy) is 4. The summed E-state index contributed by atoms with van der Waals surface area (Å²) >= 11 is 1.33. The highest BCUT2D eigenvalue weighted by Gasteiger charge is 2.55. The van der Waals surface area contributed by atoms with Crippen molar-refractivity contribution in [3.8, 4) is 10.6 Å². The van der Waals surface area contributed by atoms with Gasteiger partial charge in [0.1, 0.15) is 28.6 Å². The molecule has 20 heteroatoms. The van der Waals surface area contributed by atoms with Gasteiger partial charge in [0, 0.05) is 41.7 Å². The molecule has 0 radical (unpaired) electrons. The average molecular weight is 990 g/mol. The average Bonchev–Trinajstić information content (AvgIpc) is 3.76. The molecule has 2 fully saturated rings. The van der Waals surface area contributed by atoms with E-state index in [0.717, 1.165) is 6.92 Å². The Hall–Kier alpha value is -4.15. The third-order valence-electron chi connectivity index (χ3n) is 13.2. The summed E-state index contributed by atoms with van der Waals surface area (Å²) in [7, 11) is 3.63. The number of hydrogen-bond donors (Lipinski definition) is 4. The molecule has 69 heavy (non-hydrogen) atoms. The first kappa shape index (κ1) is 57.4. The van der Waals surface area contributed by atoms with E-state index < -0.39 is 89.2 Å².